The lowest BCUT2D eigenvalue weighted by Crippen LogP contribution is -2.22. The van der Waals surface area contributed by atoms with Crippen LogP contribution in [0.5, 0.6) is 0 Å². The van der Waals surface area contributed by atoms with Gasteiger partial charge in [-0.3, -0.25) is 4.79 Å². The summed E-state index contributed by atoms with van der Waals surface area (Å²) >= 11 is 0. The Morgan fingerprint density at radius 2 is 2.05 bits per heavy atom. The molecule has 0 fully saturated rings. The molecule has 96 valence electrons. The number of amides is 1. The molecule has 2 N–H and O–H groups in total. The molecule has 0 aliphatic heterocycles. The number of rotatable bonds is 3. The van der Waals surface area contributed by atoms with Gasteiger partial charge in [-0.25, -0.2) is 0 Å². The van der Waals surface area contributed by atoms with Crippen molar-refractivity contribution in [1.82, 2.24) is 5.32 Å². The third-order valence-electron chi connectivity index (χ3n) is 2.49. The van der Waals surface area contributed by atoms with Gasteiger partial charge in [0.2, 0.25) is 0 Å². The number of aliphatic hydroxyl groups is 1. The number of benzene rings is 1. The minimum absolute atomic E-state index is 0.150. The summed E-state index contributed by atoms with van der Waals surface area (Å²) in [5, 5.41) is 11.4. The average molecular weight is 255 g/mol. The van der Waals surface area contributed by atoms with E-state index in [4.69, 9.17) is 9.52 Å². The highest BCUT2D eigenvalue weighted by Crippen LogP contribution is 2.04. The molecule has 0 spiro atoms. The third-order valence-corrected chi connectivity index (χ3v) is 2.49. The Hall–Kier alpha value is -2.51. The van der Waals surface area contributed by atoms with Crippen LogP contribution in [0.15, 0.2) is 47.3 Å². The zero-order valence-corrected chi connectivity index (χ0v) is 10.2. The molecule has 1 aromatic carbocycles. The Morgan fingerprint density at radius 1 is 1.26 bits per heavy atom. The summed E-state index contributed by atoms with van der Waals surface area (Å²) in [4.78, 5) is 11.8. The van der Waals surface area contributed by atoms with Gasteiger partial charge in [0, 0.05) is 23.2 Å². The fourth-order valence-corrected chi connectivity index (χ4v) is 1.52. The maximum absolute atomic E-state index is 11.8. The number of carbonyl (C=O) groups is 1. The molecule has 0 aliphatic rings. The molecule has 1 aromatic heterocycles. The first-order chi connectivity index (χ1) is 9.29. The number of carbonyl (C=O) groups excluding carboxylic acids is 1. The van der Waals surface area contributed by atoms with E-state index in [1.165, 1.54) is 0 Å². The Morgan fingerprint density at radius 3 is 2.68 bits per heavy atom. The smallest absolute Gasteiger partial charge is 0.251 e. The van der Waals surface area contributed by atoms with Gasteiger partial charge in [0.05, 0.1) is 12.5 Å². The van der Waals surface area contributed by atoms with Crippen LogP contribution in [0.4, 0.5) is 0 Å². The molecule has 0 radical (unpaired) electrons. The second-order valence-electron chi connectivity index (χ2n) is 3.85. The van der Waals surface area contributed by atoms with Crippen molar-refractivity contribution in [3.63, 3.8) is 0 Å². The molecule has 2 aromatic rings. The predicted octanol–water partition coefficient (Wildman–Crippen LogP) is 1.55. The predicted molar refractivity (Wildman–Crippen MR) is 70.3 cm³/mol. The maximum Gasteiger partial charge on any atom is 0.251 e. The maximum atomic E-state index is 11.8. The summed E-state index contributed by atoms with van der Waals surface area (Å²) in [6, 6.07) is 8.69. The van der Waals surface area contributed by atoms with E-state index in [1.54, 1.807) is 42.9 Å². The van der Waals surface area contributed by atoms with Crippen LogP contribution in [0.25, 0.3) is 0 Å². The van der Waals surface area contributed by atoms with Crippen molar-refractivity contribution in [2.45, 2.75) is 6.54 Å². The Bertz CT molecular complexity index is 589. The Labute approximate surface area is 111 Å². The number of furan rings is 1. The van der Waals surface area contributed by atoms with E-state index in [9.17, 15) is 4.79 Å². The lowest BCUT2D eigenvalue weighted by molar-refractivity contribution is 0.0951. The van der Waals surface area contributed by atoms with Crippen LogP contribution in [-0.4, -0.2) is 17.6 Å². The second-order valence-corrected chi connectivity index (χ2v) is 3.85. The molecule has 0 atom stereocenters. The molecular weight excluding hydrogens is 242 g/mol. The fourth-order valence-electron chi connectivity index (χ4n) is 1.52. The van der Waals surface area contributed by atoms with Crippen molar-refractivity contribution >= 4 is 5.91 Å². The van der Waals surface area contributed by atoms with Crippen LogP contribution in [-0.2, 0) is 6.54 Å². The first kappa shape index (κ1) is 12.9. The van der Waals surface area contributed by atoms with Crippen molar-refractivity contribution in [1.29, 1.82) is 0 Å². The van der Waals surface area contributed by atoms with Crippen molar-refractivity contribution < 1.29 is 14.3 Å². The van der Waals surface area contributed by atoms with Gasteiger partial charge < -0.3 is 14.8 Å². The van der Waals surface area contributed by atoms with Gasteiger partial charge in [-0.05, 0) is 30.3 Å². The Kier molecular flexibility index (Phi) is 4.38. The highest BCUT2D eigenvalue weighted by Gasteiger charge is 2.05. The third kappa shape index (κ3) is 3.73. The summed E-state index contributed by atoms with van der Waals surface area (Å²) in [5.41, 5.74) is 2.25. The van der Waals surface area contributed by atoms with Crippen LogP contribution in [0, 0.1) is 11.8 Å². The number of hydrogen-bond donors (Lipinski definition) is 2. The number of nitrogens with one attached hydrogen (secondary N) is 1. The van der Waals surface area contributed by atoms with Gasteiger partial charge in [-0.2, -0.15) is 0 Å². The highest BCUT2D eigenvalue weighted by atomic mass is 16.3. The van der Waals surface area contributed by atoms with Crippen molar-refractivity contribution in [2.75, 3.05) is 6.61 Å². The summed E-state index contributed by atoms with van der Waals surface area (Å²) in [6.07, 6.45) is 3.16. The van der Waals surface area contributed by atoms with E-state index in [-0.39, 0.29) is 12.5 Å². The molecule has 1 heterocycles. The van der Waals surface area contributed by atoms with E-state index < -0.39 is 0 Å². The minimum atomic E-state index is -0.174. The molecule has 0 aliphatic carbocycles. The van der Waals surface area contributed by atoms with Crippen LogP contribution in [0.3, 0.4) is 0 Å². The molecule has 0 saturated heterocycles. The van der Waals surface area contributed by atoms with E-state index in [0.29, 0.717) is 12.1 Å². The highest BCUT2D eigenvalue weighted by molar-refractivity contribution is 5.94. The largest absolute Gasteiger partial charge is 0.472 e. The molecule has 4 heteroatoms. The van der Waals surface area contributed by atoms with Gasteiger partial charge in [-0.15, -0.1) is 0 Å². The normalized spacial score (nSPS) is 9.53. The van der Waals surface area contributed by atoms with Gasteiger partial charge in [0.1, 0.15) is 6.61 Å². The summed E-state index contributed by atoms with van der Waals surface area (Å²) in [5.74, 6) is 5.17. The van der Waals surface area contributed by atoms with Crippen molar-refractivity contribution in [2.24, 2.45) is 0 Å². The fraction of sp³-hybridized carbons (Fsp3) is 0.133. The second kappa shape index (κ2) is 6.43. The molecule has 1 amide bonds. The van der Waals surface area contributed by atoms with E-state index >= 15 is 0 Å². The molecule has 4 nitrogen and oxygen atoms in total. The van der Waals surface area contributed by atoms with Gasteiger partial charge in [0.15, 0.2) is 0 Å². The van der Waals surface area contributed by atoms with Crippen LogP contribution in [0.2, 0.25) is 0 Å². The average Bonchev–Trinajstić information content (AvgIpc) is 2.96. The standard InChI is InChI=1S/C15H13NO3/c17-8-1-2-12-3-5-14(6-4-12)15(18)16-10-13-7-9-19-11-13/h3-7,9,11,17H,8,10H2,(H,16,18). The lowest BCUT2D eigenvalue weighted by Gasteiger charge is -2.03. The van der Waals surface area contributed by atoms with Crippen molar-refractivity contribution in [3.8, 4) is 11.8 Å². The molecular formula is C15H13NO3. The number of hydrogen-bond acceptors (Lipinski definition) is 3. The summed E-state index contributed by atoms with van der Waals surface area (Å²) in [6.45, 7) is 0.258. The Balaban J connectivity index is 1.95. The van der Waals surface area contributed by atoms with E-state index in [1.807, 2.05) is 0 Å². The molecule has 19 heavy (non-hydrogen) atoms. The first-order valence-corrected chi connectivity index (χ1v) is 5.78. The monoisotopic (exact) mass is 255 g/mol. The van der Waals surface area contributed by atoms with Gasteiger partial charge >= 0.3 is 0 Å². The number of aliphatic hydroxyl groups excluding tert-OH is 1. The van der Waals surface area contributed by atoms with E-state index in [0.717, 1.165) is 11.1 Å². The zero-order valence-electron chi connectivity index (χ0n) is 10.2. The lowest BCUT2D eigenvalue weighted by atomic mass is 10.1. The van der Waals surface area contributed by atoms with Crippen LogP contribution < -0.4 is 5.32 Å². The summed E-state index contributed by atoms with van der Waals surface area (Å²) in [7, 11) is 0. The molecule has 0 saturated carbocycles. The SMILES string of the molecule is O=C(NCc1ccoc1)c1ccc(C#CCO)cc1. The zero-order chi connectivity index (χ0) is 13.5. The van der Waals surface area contributed by atoms with Crippen LogP contribution >= 0.6 is 0 Å². The molecule has 0 bridgehead atoms. The summed E-state index contributed by atoms with van der Waals surface area (Å²) < 4.78 is 4.92. The molecule has 2 rings (SSSR count). The van der Waals surface area contributed by atoms with Crippen molar-refractivity contribution in [3.05, 3.63) is 59.5 Å². The minimum Gasteiger partial charge on any atom is -0.472 e. The van der Waals surface area contributed by atoms with E-state index in [2.05, 4.69) is 17.2 Å². The quantitative estimate of drug-likeness (QED) is 0.818. The molecule has 0 unspecified atom stereocenters. The van der Waals surface area contributed by atoms with Crippen LogP contribution in [0.1, 0.15) is 21.5 Å². The first-order valence-electron chi connectivity index (χ1n) is 5.78. The topological polar surface area (TPSA) is 62.5 Å². The van der Waals surface area contributed by atoms with Gasteiger partial charge in [-0.1, -0.05) is 11.8 Å². The van der Waals surface area contributed by atoms with Gasteiger partial charge in [0.25, 0.3) is 5.91 Å².